The van der Waals surface area contributed by atoms with Crippen LogP contribution >= 0.6 is 15.9 Å². The topological polar surface area (TPSA) is 110 Å². The highest BCUT2D eigenvalue weighted by molar-refractivity contribution is 9.10. The summed E-state index contributed by atoms with van der Waals surface area (Å²) < 4.78 is 5.99. The van der Waals surface area contributed by atoms with E-state index in [1.54, 1.807) is 30.5 Å². The molecule has 8 nitrogen and oxygen atoms in total. The SMILES string of the molecule is O=[N+]([O-])c1ccc(Br)cc1NCCc1nc(-c2ccco2)n[nH]1. The quantitative estimate of drug-likeness (QED) is 0.503. The molecule has 0 aliphatic carbocycles. The van der Waals surface area contributed by atoms with Gasteiger partial charge in [-0.2, -0.15) is 5.10 Å². The van der Waals surface area contributed by atoms with Crippen molar-refractivity contribution in [1.29, 1.82) is 0 Å². The number of aromatic amines is 1. The zero-order valence-electron chi connectivity index (χ0n) is 11.8. The summed E-state index contributed by atoms with van der Waals surface area (Å²) in [5.41, 5.74) is 0.484. The van der Waals surface area contributed by atoms with Gasteiger partial charge in [0.05, 0.1) is 11.2 Å². The number of nitrogens with zero attached hydrogens (tertiary/aromatic N) is 3. The van der Waals surface area contributed by atoms with Crippen LogP contribution in [0.4, 0.5) is 11.4 Å². The number of aromatic nitrogens is 3. The zero-order chi connectivity index (χ0) is 16.2. The highest BCUT2D eigenvalue weighted by Crippen LogP contribution is 2.27. The second kappa shape index (κ2) is 6.61. The number of benzene rings is 1. The van der Waals surface area contributed by atoms with Gasteiger partial charge in [0.15, 0.2) is 5.76 Å². The first-order chi connectivity index (χ1) is 11.1. The fourth-order valence-electron chi connectivity index (χ4n) is 2.05. The lowest BCUT2D eigenvalue weighted by atomic mass is 10.2. The van der Waals surface area contributed by atoms with Crippen LogP contribution in [0.3, 0.4) is 0 Å². The number of nitro benzene ring substituents is 1. The van der Waals surface area contributed by atoms with Gasteiger partial charge < -0.3 is 9.73 Å². The second-order valence-electron chi connectivity index (χ2n) is 4.68. The van der Waals surface area contributed by atoms with Gasteiger partial charge in [0.25, 0.3) is 5.69 Å². The molecule has 0 aliphatic heterocycles. The summed E-state index contributed by atoms with van der Waals surface area (Å²) in [5, 5.41) is 21.0. The number of hydrogen-bond acceptors (Lipinski definition) is 6. The molecule has 0 fully saturated rings. The summed E-state index contributed by atoms with van der Waals surface area (Å²) >= 11 is 3.31. The van der Waals surface area contributed by atoms with Gasteiger partial charge >= 0.3 is 0 Å². The Balaban J connectivity index is 1.64. The van der Waals surface area contributed by atoms with Crippen molar-refractivity contribution in [2.45, 2.75) is 6.42 Å². The number of rotatable bonds is 6. The molecule has 2 aromatic heterocycles. The molecule has 0 saturated carbocycles. The molecule has 1 aromatic carbocycles. The number of furan rings is 1. The second-order valence-corrected chi connectivity index (χ2v) is 5.59. The van der Waals surface area contributed by atoms with Gasteiger partial charge in [-0.1, -0.05) is 15.9 Å². The van der Waals surface area contributed by atoms with Gasteiger partial charge in [0.2, 0.25) is 5.82 Å². The minimum absolute atomic E-state index is 0.0297. The molecule has 0 amide bonds. The van der Waals surface area contributed by atoms with Crippen molar-refractivity contribution < 1.29 is 9.34 Å². The van der Waals surface area contributed by atoms with Crippen molar-refractivity contribution in [3.63, 3.8) is 0 Å². The minimum atomic E-state index is -0.418. The highest BCUT2D eigenvalue weighted by Gasteiger charge is 2.14. The van der Waals surface area contributed by atoms with Crippen LogP contribution in [0.15, 0.2) is 45.5 Å². The third-order valence-electron chi connectivity index (χ3n) is 3.11. The number of nitrogens with one attached hydrogen (secondary N) is 2. The predicted octanol–water partition coefficient (Wildman–Crippen LogP) is 3.39. The van der Waals surface area contributed by atoms with E-state index in [-0.39, 0.29) is 5.69 Å². The molecule has 2 heterocycles. The molecule has 3 rings (SSSR count). The van der Waals surface area contributed by atoms with Crippen LogP contribution < -0.4 is 5.32 Å². The van der Waals surface area contributed by atoms with Crippen LogP contribution in [0, 0.1) is 10.1 Å². The van der Waals surface area contributed by atoms with Crippen LogP contribution in [0.5, 0.6) is 0 Å². The molecule has 0 radical (unpaired) electrons. The van der Waals surface area contributed by atoms with E-state index in [1.165, 1.54) is 6.07 Å². The van der Waals surface area contributed by atoms with E-state index in [4.69, 9.17) is 4.42 Å². The van der Waals surface area contributed by atoms with E-state index < -0.39 is 4.92 Å². The predicted molar refractivity (Wildman–Crippen MR) is 87.1 cm³/mol. The molecule has 0 spiro atoms. The molecular weight excluding hydrogens is 366 g/mol. The summed E-state index contributed by atoms with van der Waals surface area (Å²) in [5.74, 6) is 1.74. The first-order valence-electron chi connectivity index (χ1n) is 6.76. The molecule has 0 saturated heterocycles. The summed E-state index contributed by atoms with van der Waals surface area (Å²) in [6, 6.07) is 8.30. The first-order valence-corrected chi connectivity index (χ1v) is 7.56. The molecule has 0 unspecified atom stereocenters. The van der Waals surface area contributed by atoms with Gasteiger partial charge in [-0.25, -0.2) is 4.98 Å². The fraction of sp³-hybridized carbons (Fsp3) is 0.143. The van der Waals surface area contributed by atoms with Gasteiger partial charge in [0.1, 0.15) is 11.5 Å². The Morgan fingerprint density at radius 2 is 2.26 bits per heavy atom. The Kier molecular flexibility index (Phi) is 4.38. The maximum atomic E-state index is 11.0. The van der Waals surface area contributed by atoms with Crippen molar-refractivity contribution in [1.82, 2.24) is 15.2 Å². The van der Waals surface area contributed by atoms with Gasteiger partial charge in [-0.05, 0) is 24.3 Å². The lowest BCUT2D eigenvalue weighted by molar-refractivity contribution is -0.384. The van der Waals surface area contributed by atoms with Crippen molar-refractivity contribution >= 4 is 27.3 Å². The summed E-state index contributed by atoms with van der Waals surface area (Å²) in [6.45, 7) is 0.476. The van der Waals surface area contributed by atoms with E-state index >= 15 is 0 Å². The van der Waals surface area contributed by atoms with Gasteiger partial charge in [-0.3, -0.25) is 15.2 Å². The van der Waals surface area contributed by atoms with Crippen molar-refractivity contribution in [3.05, 3.63) is 57.0 Å². The normalized spacial score (nSPS) is 10.7. The molecule has 3 aromatic rings. The smallest absolute Gasteiger partial charge is 0.292 e. The molecule has 23 heavy (non-hydrogen) atoms. The maximum absolute atomic E-state index is 11.0. The standard InChI is InChI=1S/C14H12BrN5O3/c15-9-3-4-11(20(21)22)10(8-9)16-6-5-13-17-14(19-18-13)12-2-1-7-23-12/h1-4,7-8,16H,5-6H2,(H,17,18,19). The molecule has 0 bridgehead atoms. The summed E-state index contributed by atoms with van der Waals surface area (Å²) in [4.78, 5) is 14.9. The Morgan fingerprint density at radius 1 is 1.39 bits per heavy atom. The Bertz CT molecular complexity index is 816. The van der Waals surface area contributed by atoms with Crippen molar-refractivity contribution in [3.8, 4) is 11.6 Å². The van der Waals surface area contributed by atoms with Crippen LogP contribution in [0.2, 0.25) is 0 Å². The molecule has 2 N–H and O–H groups in total. The lowest BCUT2D eigenvalue weighted by Crippen LogP contribution is -2.07. The number of nitro groups is 1. The monoisotopic (exact) mass is 377 g/mol. The summed E-state index contributed by atoms with van der Waals surface area (Å²) in [6.07, 6.45) is 2.09. The van der Waals surface area contributed by atoms with Crippen LogP contribution in [-0.4, -0.2) is 26.6 Å². The van der Waals surface area contributed by atoms with E-state index in [9.17, 15) is 10.1 Å². The van der Waals surface area contributed by atoms with Crippen molar-refractivity contribution in [2.24, 2.45) is 0 Å². The average molecular weight is 378 g/mol. The van der Waals surface area contributed by atoms with E-state index in [2.05, 4.69) is 36.4 Å². The molecular formula is C14H12BrN5O3. The largest absolute Gasteiger partial charge is 0.461 e. The van der Waals surface area contributed by atoms with E-state index in [0.717, 1.165) is 4.47 Å². The van der Waals surface area contributed by atoms with E-state index in [0.29, 0.717) is 36.1 Å². The van der Waals surface area contributed by atoms with Gasteiger partial charge in [0, 0.05) is 23.5 Å². The van der Waals surface area contributed by atoms with Crippen LogP contribution in [0.1, 0.15) is 5.82 Å². The van der Waals surface area contributed by atoms with Crippen LogP contribution in [0.25, 0.3) is 11.6 Å². The molecule has 118 valence electrons. The Labute approximate surface area is 139 Å². The Morgan fingerprint density at radius 3 is 3.00 bits per heavy atom. The fourth-order valence-corrected chi connectivity index (χ4v) is 2.41. The summed E-state index contributed by atoms with van der Waals surface area (Å²) in [7, 11) is 0. The third-order valence-corrected chi connectivity index (χ3v) is 3.60. The molecule has 0 atom stereocenters. The van der Waals surface area contributed by atoms with E-state index in [1.807, 2.05) is 0 Å². The number of H-pyrrole nitrogens is 1. The average Bonchev–Trinajstić information content (AvgIpc) is 3.18. The minimum Gasteiger partial charge on any atom is -0.461 e. The molecule has 0 aliphatic rings. The first kappa shape index (κ1) is 15.2. The molecule has 9 heteroatoms. The zero-order valence-corrected chi connectivity index (χ0v) is 13.4. The Hall–Kier alpha value is -2.68. The lowest BCUT2D eigenvalue weighted by Gasteiger charge is -2.06. The number of anilines is 1. The number of hydrogen-bond donors (Lipinski definition) is 2. The van der Waals surface area contributed by atoms with Gasteiger partial charge in [-0.15, -0.1) is 0 Å². The van der Waals surface area contributed by atoms with Crippen LogP contribution in [-0.2, 0) is 6.42 Å². The third kappa shape index (κ3) is 3.57. The van der Waals surface area contributed by atoms with Crippen molar-refractivity contribution in [2.75, 3.05) is 11.9 Å². The maximum Gasteiger partial charge on any atom is 0.292 e. The number of halogens is 1. The highest BCUT2D eigenvalue weighted by atomic mass is 79.9.